The van der Waals surface area contributed by atoms with Crippen molar-refractivity contribution in [2.45, 2.75) is 47.0 Å². The molecule has 1 unspecified atom stereocenters. The van der Waals surface area contributed by atoms with Crippen LogP contribution in [0.4, 0.5) is 0 Å². The molecule has 0 nitrogen and oxygen atoms in total. The number of allylic oxidation sites excluding steroid dienone is 5. The quantitative estimate of drug-likeness (QED) is 0.514. The van der Waals surface area contributed by atoms with Gasteiger partial charge in [-0.05, 0) is 30.2 Å². The fraction of sp³-hybridized carbons (Fsp3) is 0.600. The summed E-state index contributed by atoms with van der Waals surface area (Å²) >= 11 is 3.27. The number of hydrogen-bond acceptors (Lipinski definition) is 0. The van der Waals surface area contributed by atoms with Crippen LogP contribution in [0.15, 0.2) is 34.9 Å². The third-order valence-electron chi connectivity index (χ3n) is 2.57. The van der Waals surface area contributed by atoms with Gasteiger partial charge in [0, 0.05) is 0 Å². The molecule has 0 aromatic rings. The van der Waals surface area contributed by atoms with Crippen molar-refractivity contribution in [3.8, 4) is 0 Å². The zero-order valence-electron chi connectivity index (χ0n) is 11.0. The minimum Gasteiger partial charge on any atom is -0.0817 e. The van der Waals surface area contributed by atoms with Crippen molar-refractivity contribution in [2.75, 3.05) is 0 Å². The lowest BCUT2D eigenvalue weighted by Gasteiger charge is -2.07. The molecular formula is C15H25Br. The number of hydrogen-bond donors (Lipinski definition) is 0. The van der Waals surface area contributed by atoms with Crippen LogP contribution in [0.3, 0.4) is 0 Å². The molecule has 0 fully saturated rings. The summed E-state index contributed by atoms with van der Waals surface area (Å²) < 4.78 is 0. The Labute approximate surface area is 110 Å². The molecule has 0 bridgehead atoms. The average Bonchev–Trinajstić information content (AvgIpc) is 2.17. The Morgan fingerprint density at radius 2 is 1.88 bits per heavy atom. The van der Waals surface area contributed by atoms with Crippen molar-refractivity contribution in [1.29, 1.82) is 0 Å². The van der Waals surface area contributed by atoms with Gasteiger partial charge in [-0.15, -0.1) is 0 Å². The van der Waals surface area contributed by atoms with E-state index in [0.717, 1.165) is 5.92 Å². The first kappa shape index (κ1) is 15.7. The average molecular weight is 285 g/mol. The highest BCUT2D eigenvalue weighted by Gasteiger charge is 1.98. The lowest BCUT2D eigenvalue weighted by Crippen LogP contribution is -1.92. The van der Waals surface area contributed by atoms with Crippen molar-refractivity contribution in [1.82, 2.24) is 0 Å². The lowest BCUT2D eigenvalue weighted by atomic mass is 9.99. The molecular weight excluding hydrogens is 260 g/mol. The normalized spacial score (nSPS) is 15.5. The molecule has 0 aliphatic rings. The molecule has 0 spiro atoms. The van der Waals surface area contributed by atoms with E-state index in [9.17, 15) is 0 Å². The Bertz CT molecular complexity index is 246. The van der Waals surface area contributed by atoms with Gasteiger partial charge >= 0.3 is 0 Å². The topological polar surface area (TPSA) is 0 Å². The van der Waals surface area contributed by atoms with Gasteiger partial charge in [0.1, 0.15) is 0 Å². The summed E-state index contributed by atoms with van der Waals surface area (Å²) in [6.45, 7) is 8.98. The van der Waals surface area contributed by atoms with Crippen molar-refractivity contribution >= 4 is 15.9 Å². The number of rotatable bonds is 7. The van der Waals surface area contributed by atoms with Crippen LogP contribution in [0.1, 0.15) is 47.0 Å². The Kier molecular flexibility index (Phi) is 9.71. The van der Waals surface area contributed by atoms with Crippen molar-refractivity contribution in [3.05, 3.63) is 34.9 Å². The van der Waals surface area contributed by atoms with Gasteiger partial charge in [0.15, 0.2) is 0 Å². The van der Waals surface area contributed by atoms with Gasteiger partial charge in [0.25, 0.3) is 0 Å². The second-order valence-electron chi connectivity index (χ2n) is 4.89. The molecule has 0 radical (unpaired) electrons. The van der Waals surface area contributed by atoms with E-state index in [2.05, 4.69) is 61.9 Å². The van der Waals surface area contributed by atoms with Crippen LogP contribution in [0.5, 0.6) is 0 Å². The second-order valence-corrected chi connectivity index (χ2v) is 5.42. The maximum absolute atomic E-state index is 3.27. The van der Waals surface area contributed by atoms with Crippen molar-refractivity contribution in [3.63, 3.8) is 0 Å². The standard InChI is InChI=1S/C15H25Br/c1-13(2)7-5-8-14(3)9-6-10-15(4)11-12-16/h6,9-14H,5,7-8H2,1-4H3. The molecule has 0 N–H and O–H groups in total. The van der Waals surface area contributed by atoms with Gasteiger partial charge in [0.2, 0.25) is 0 Å². The van der Waals surface area contributed by atoms with E-state index in [1.807, 2.05) is 11.1 Å². The molecule has 0 saturated heterocycles. The fourth-order valence-electron chi connectivity index (χ4n) is 1.50. The van der Waals surface area contributed by atoms with Crippen LogP contribution in [0.2, 0.25) is 0 Å². The Balaban J connectivity index is 3.82. The van der Waals surface area contributed by atoms with Crippen LogP contribution in [0.25, 0.3) is 0 Å². The van der Waals surface area contributed by atoms with Crippen molar-refractivity contribution in [2.24, 2.45) is 11.8 Å². The Morgan fingerprint density at radius 1 is 1.19 bits per heavy atom. The van der Waals surface area contributed by atoms with E-state index >= 15 is 0 Å². The molecule has 0 aromatic carbocycles. The summed E-state index contributed by atoms with van der Waals surface area (Å²) in [6.07, 6.45) is 12.7. The molecule has 1 atom stereocenters. The molecule has 0 rings (SSSR count). The summed E-state index contributed by atoms with van der Waals surface area (Å²) in [5, 5.41) is 0. The molecule has 0 aliphatic carbocycles. The van der Waals surface area contributed by atoms with E-state index in [0.29, 0.717) is 5.92 Å². The Hall–Kier alpha value is -0.300. The van der Waals surface area contributed by atoms with Crippen LogP contribution in [-0.4, -0.2) is 0 Å². The molecule has 0 heterocycles. The molecule has 92 valence electrons. The van der Waals surface area contributed by atoms with Crippen molar-refractivity contribution < 1.29 is 0 Å². The zero-order chi connectivity index (χ0) is 12.4. The highest BCUT2D eigenvalue weighted by Crippen LogP contribution is 2.13. The Morgan fingerprint density at radius 3 is 2.44 bits per heavy atom. The monoisotopic (exact) mass is 284 g/mol. The molecule has 1 heteroatoms. The van der Waals surface area contributed by atoms with Crippen LogP contribution in [0, 0.1) is 11.8 Å². The lowest BCUT2D eigenvalue weighted by molar-refractivity contribution is 0.502. The largest absolute Gasteiger partial charge is 0.0817 e. The highest BCUT2D eigenvalue weighted by atomic mass is 79.9. The maximum atomic E-state index is 3.27. The SMILES string of the molecule is CC(C=CBr)=CC=CC(C)CCCC(C)C. The first-order valence-electron chi connectivity index (χ1n) is 6.18. The third kappa shape index (κ3) is 10.2. The van der Waals surface area contributed by atoms with Gasteiger partial charge in [-0.1, -0.05) is 79.4 Å². The molecule has 0 aliphatic heterocycles. The molecule has 0 aromatic heterocycles. The van der Waals surface area contributed by atoms with Gasteiger partial charge < -0.3 is 0 Å². The van der Waals surface area contributed by atoms with Gasteiger partial charge in [0.05, 0.1) is 0 Å². The summed E-state index contributed by atoms with van der Waals surface area (Å²) in [5.41, 5.74) is 1.27. The van der Waals surface area contributed by atoms with Crippen LogP contribution in [-0.2, 0) is 0 Å². The summed E-state index contributed by atoms with van der Waals surface area (Å²) in [4.78, 5) is 1.89. The summed E-state index contributed by atoms with van der Waals surface area (Å²) in [7, 11) is 0. The van der Waals surface area contributed by atoms with E-state index < -0.39 is 0 Å². The van der Waals surface area contributed by atoms with E-state index in [1.54, 1.807) is 0 Å². The van der Waals surface area contributed by atoms with Gasteiger partial charge in [-0.25, -0.2) is 0 Å². The molecule has 16 heavy (non-hydrogen) atoms. The minimum atomic E-state index is 0.691. The predicted molar refractivity (Wildman–Crippen MR) is 78.8 cm³/mol. The molecule has 0 saturated carbocycles. The highest BCUT2D eigenvalue weighted by molar-refractivity contribution is 9.11. The zero-order valence-corrected chi connectivity index (χ0v) is 12.6. The minimum absolute atomic E-state index is 0.691. The van der Waals surface area contributed by atoms with E-state index in [1.165, 1.54) is 24.8 Å². The summed E-state index contributed by atoms with van der Waals surface area (Å²) in [5.74, 6) is 1.53. The van der Waals surface area contributed by atoms with Crippen LogP contribution < -0.4 is 0 Å². The fourth-order valence-corrected chi connectivity index (χ4v) is 1.91. The predicted octanol–water partition coefficient (Wildman–Crippen LogP) is 5.86. The first-order chi connectivity index (χ1) is 7.56. The van der Waals surface area contributed by atoms with Gasteiger partial charge in [-0.2, -0.15) is 0 Å². The molecule has 0 amide bonds. The van der Waals surface area contributed by atoms with Crippen LogP contribution >= 0.6 is 15.9 Å². The second kappa shape index (κ2) is 9.89. The third-order valence-corrected chi connectivity index (χ3v) is 2.83. The van der Waals surface area contributed by atoms with Gasteiger partial charge in [-0.3, -0.25) is 0 Å². The maximum Gasteiger partial charge on any atom is -0.0186 e. The summed E-state index contributed by atoms with van der Waals surface area (Å²) in [6, 6.07) is 0. The van der Waals surface area contributed by atoms with E-state index in [4.69, 9.17) is 0 Å². The first-order valence-corrected chi connectivity index (χ1v) is 7.09. The van der Waals surface area contributed by atoms with E-state index in [-0.39, 0.29) is 0 Å². The smallest absolute Gasteiger partial charge is 0.0186 e. The number of halogens is 1.